The Morgan fingerprint density at radius 1 is 1.52 bits per heavy atom. The number of carbonyl (C=O) groups excluding carboxylic acids is 1. The van der Waals surface area contributed by atoms with E-state index in [1.165, 1.54) is 6.42 Å². The van der Waals surface area contributed by atoms with Crippen LogP contribution in [0.1, 0.15) is 18.4 Å². The quantitative estimate of drug-likeness (QED) is 0.826. The first-order chi connectivity index (χ1) is 9.95. The van der Waals surface area contributed by atoms with Crippen LogP contribution in [0.25, 0.3) is 0 Å². The summed E-state index contributed by atoms with van der Waals surface area (Å²) >= 11 is 0. The molecule has 0 spiro atoms. The second kappa shape index (κ2) is 6.91. The highest BCUT2D eigenvalue weighted by molar-refractivity contribution is 5.93. The van der Waals surface area contributed by atoms with Gasteiger partial charge in [-0.15, -0.1) is 0 Å². The summed E-state index contributed by atoms with van der Waals surface area (Å²) in [7, 11) is 4.16. The van der Waals surface area contributed by atoms with E-state index in [1.54, 1.807) is 0 Å². The van der Waals surface area contributed by atoms with E-state index in [1.807, 2.05) is 32.2 Å². The number of carbonyl (C=O) groups is 1. The van der Waals surface area contributed by atoms with E-state index in [-0.39, 0.29) is 5.91 Å². The first-order valence-electron chi connectivity index (χ1n) is 7.50. The molecule has 1 atom stereocenters. The molecule has 1 aliphatic heterocycles. The number of benzene rings is 1. The minimum atomic E-state index is 0.0134. The number of likely N-dealkylation sites (tertiary alicyclic amines) is 1. The van der Waals surface area contributed by atoms with Gasteiger partial charge in [0.05, 0.1) is 6.54 Å². The molecule has 1 saturated heterocycles. The SMILES string of the molecule is Cc1ccc(N)cc1NC(=O)CN(C)C1CCCN(C)C1. The van der Waals surface area contributed by atoms with Crippen molar-refractivity contribution < 1.29 is 4.79 Å². The van der Waals surface area contributed by atoms with E-state index < -0.39 is 0 Å². The van der Waals surface area contributed by atoms with E-state index >= 15 is 0 Å². The van der Waals surface area contributed by atoms with E-state index in [0.29, 0.717) is 18.3 Å². The molecule has 1 fully saturated rings. The summed E-state index contributed by atoms with van der Waals surface area (Å²) < 4.78 is 0. The number of nitrogens with one attached hydrogen (secondary N) is 1. The summed E-state index contributed by atoms with van der Waals surface area (Å²) in [5.74, 6) is 0.0134. The number of aryl methyl sites for hydroxylation is 1. The molecule has 116 valence electrons. The molecule has 2 rings (SSSR count). The zero-order valence-electron chi connectivity index (χ0n) is 13.2. The van der Waals surface area contributed by atoms with Crippen LogP contribution in [0.2, 0.25) is 0 Å². The molecule has 1 heterocycles. The third-order valence-corrected chi connectivity index (χ3v) is 4.15. The third-order valence-electron chi connectivity index (χ3n) is 4.15. The van der Waals surface area contributed by atoms with E-state index in [9.17, 15) is 4.79 Å². The smallest absolute Gasteiger partial charge is 0.238 e. The van der Waals surface area contributed by atoms with Crippen LogP contribution >= 0.6 is 0 Å². The van der Waals surface area contributed by atoms with Crippen LogP contribution in [0.3, 0.4) is 0 Å². The van der Waals surface area contributed by atoms with Gasteiger partial charge >= 0.3 is 0 Å². The summed E-state index contributed by atoms with van der Waals surface area (Å²) in [4.78, 5) is 16.7. The number of hydrogen-bond donors (Lipinski definition) is 2. The fourth-order valence-corrected chi connectivity index (χ4v) is 2.82. The van der Waals surface area contributed by atoms with Crippen LogP contribution in [0.15, 0.2) is 18.2 Å². The summed E-state index contributed by atoms with van der Waals surface area (Å²) in [5.41, 5.74) is 8.26. The molecule has 1 aliphatic rings. The van der Waals surface area contributed by atoms with Gasteiger partial charge in [-0.1, -0.05) is 6.07 Å². The number of nitrogens with zero attached hydrogens (tertiary/aromatic N) is 2. The standard InChI is InChI=1S/C16H26N4O/c1-12-6-7-13(17)9-15(12)18-16(21)11-20(3)14-5-4-8-19(2)10-14/h6-7,9,14H,4-5,8,10-11,17H2,1-3H3,(H,18,21). The van der Waals surface area contributed by atoms with Crippen LogP contribution in [0.5, 0.6) is 0 Å². The van der Waals surface area contributed by atoms with Crippen molar-refractivity contribution in [1.29, 1.82) is 0 Å². The molecule has 5 nitrogen and oxygen atoms in total. The third kappa shape index (κ3) is 4.44. The molecule has 1 unspecified atom stereocenters. The molecule has 0 bridgehead atoms. The Morgan fingerprint density at radius 3 is 3.00 bits per heavy atom. The Bertz CT molecular complexity index is 503. The molecule has 1 aromatic carbocycles. The van der Waals surface area contributed by atoms with Crippen molar-refractivity contribution in [2.45, 2.75) is 25.8 Å². The zero-order valence-corrected chi connectivity index (χ0v) is 13.2. The molecule has 0 aliphatic carbocycles. The van der Waals surface area contributed by atoms with Crippen LogP contribution < -0.4 is 11.1 Å². The van der Waals surface area contributed by atoms with Gasteiger partial charge in [0.25, 0.3) is 0 Å². The number of anilines is 2. The average Bonchev–Trinajstić information content (AvgIpc) is 2.42. The predicted octanol–water partition coefficient (Wildman–Crippen LogP) is 1.54. The Hall–Kier alpha value is -1.59. The number of piperidine rings is 1. The lowest BCUT2D eigenvalue weighted by molar-refractivity contribution is -0.117. The predicted molar refractivity (Wildman–Crippen MR) is 87.4 cm³/mol. The molecule has 3 N–H and O–H groups in total. The van der Waals surface area contributed by atoms with Crippen molar-refractivity contribution >= 4 is 17.3 Å². The zero-order chi connectivity index (χ0) is 15.4. The molecule has 21 heavy (non-hydrogen) atoms. The van der Waals surface area contributed by atoms with Crippen molar-refractivity contribution in [3.05, 3.63) is 23.8 Å². The summed E-state index contributed by atoms with van der Waals surface area (Å²) in [6.45, 7) is 4.56. The number of nitrogens with two attached hydrogens (primary N) is 1. The first-order valence-corrected chi connectivity index (χ1v) is 7.50. The molecular weight excluding hydrogens is 264 g/mol. The average molecular weight is 290 g/mol. The molecule has 0 saturated carbocycles. The number of likely N-dealkylation sites (N-methyl/N-ethyl adjacent to an activating group) is 2. The maximum absolute atomic E-state index is 12.2. The van der Waals surface area contributed by atoms with Crippen LogP contribution in [-0.2, 0) is 4.79 Å². The Kier molecular flexibility index (Phi) is 5.20. The van der Waals surface area contributed by atoms with Crippen LogP contribution in [0.4, 0.5) is 11.4 Å². The van der Waals surface area contributed by atoms with Gasteiger partial charge in [0.2, 0.25) is 5.91 Å². The molecule has 0 radical (unpaired) electrons. The number of rotatable bonds is 4. The Morgan fingerprint density at radius 2 is 2.29 bits per heavy atom. The summed E-state index contributed by atoms with van der Waals surface area (Å²) in [6.07, 6.45) is 2.35. The Labute approximate surface area is 127 Å². The van der Waals surface area contributed by atoms with Crippen LogP contribution in [-0.4, -0.2) is 55.5 Å². The van der Waals surface area contributed by atoms with Crippen molar-refractivity contribution in [3.8, 4) is 0 Å². The highest BCUT2D eigenvalue weighted by Crippen LogP contribution is 2.18. The van der Waals surface area contributed by atoms with Gasteiger partial charge in [0.1, 0.15) is 0 Å². The first kappa shape index (κ1) is 15.8. The maximum Gasteiger partial charge on any atom is 0.238 e. The van der Waals surface area contributed by atoms with Crippen molar-refractivity contribution in [2.24, 2.45) is 0 Å². The van der Waals surface area contributed by atoms with Gasteiger partial charge in [0, 0.05) is 24.0 Å². The van der Waals surface area contributed by atoms with Gasteiger partial charge in [-0.2, -0.15) is 0 Å². The topological polar surface area (TPSA) is 61.6 Å². The largest absolute Gasteiger partial charge is 0.399 e. The minimum Gasteiger partial charge on any atom is -0.399 e. The molecular formula is C16H26N4O. The van der Waals surface area contributed by atoms with Crippen LogP contribution in [0, 0.1) is 6.92 Å². The maximum atomic E-state index is 12.2. The molecule has 1 aromatic rings. The fourth-order valence-electron chi connectivity index (χ4n) is 2.82. The van der Waals surface area contributed by atoms with E-state index in [2.05, 4.69) is 22.2 Å². The molecule has 1 amide bonds. The van der Waals surface area contributed by atoms with Gasteiger partial charge < -0.3 is 16.0 Å². The van der Waals surface area contributed by atoms with Gasteiger partial charge in [-0.05, 0) is 58.1 Å². The highest BCUT2D eigenvalue weighted by Gasteiger charge is 2.22. The number of nitrogen functional groups attached to an aromatic ring is 1. The van der Waals surface area contributed by atoms with E-state index in [4.69, 9.17) is 5.73 Å². The van der Waals surface area contributed by atoms with Crippen molar-refractivity contribution in [1.82, 2.24) is 9.80 Å². The van der Waals surface area contributed by atoms with Gasteiger partial charge in [0.15, 0.2) is 0 Å². The summed E-state index contributed by atoms with van der Waals surface area (Å²) in [6, 6.07) is 6.03. The van der Waals surface area contributed by atoms with Gasteiger partial charge in [-0.25, -0.2) is 0 Å². The second-order valence-electron chi connectivity index (χ2n) is 6.10. The lowest BCUT2D eigenvalue weighted by Crippen LogP contribution is -2.47. The highest BCUT2D eigenvalue weighted by atomic mass is 16.2. The molecule has 5 heteroatoms. The minimum absolute atomic E-state index is 0.0134. The number of amides is 1. The number of hydrogen-bond acceptors (Lipinski definition) is 4. The monoisotopic (exact) mass is 290 g/mol. The van der Waals surface area contributed by atoms with Crippen molar-refractivity contribution in [2.75, 3.05) is 44.8 Å². The fraction of sp³-hybridized carbons (Fsp3) is 0.562. The van der Waals surface area contributed by atoms with Crippen molar-refractivity contribution in [3.63, 3.8) is 0 Å². The normalized spacial score (nSPS) is 19.7. The lowest BCUT2D eigenvalue weighted by atomic mass is 10.1. The Balaban J connectivity index is 1.90. The summed E-state index contributed by atoms with van der Waals surface area (Å²) in [5, 5.41) is 2.96. The molecule has 0 aromatic heterocycles. The van der Waals surface area contributed by atoms with Gasteiger partial charge in [-0.3, -0.25) is 9.69 Å². The lowest BCUT2D eigenvalue weighted by Gasteiger charge is -2.35. The van der Waals surface area contributed by atoms with E-state index in [0.717, 1.165) is 30.8 Å². The second-order valence-corrected chi connectivity index (χ2v) is 6.10.